The third-order valence-corrected chi connectivity index (χ3v) is 3.19. The normalized spacial score (nSPS) is 9.90. The topological polar surface area (TPSA) is 109 Å². The first-order valence-electron chi connectivity index (χ1n) is 5.43. The number of carbonyl (C=O) groups excluding carboxylic acids is 2. The summed E-state index contributed by atoms with van der Waals surface area (Å²) >= 11 is 1.000. The zero-order valence-corrected chi connectivity index (χ0v) is 11.6. The van der Waals surface area contributed by atoms with Crippen LogP contribution < -0.4 is 0 Å². The van der Waals surface area contributed by atoms with Crippen molar-refractivity contribution < 1.29 is 24.0 Å². The lowest BCUT2D eigenvalue weighted by molar-refractivity contribution is -0.388. The Hall–Kier alpha value is -2.16. The average molecular weight is 300 g/mol. The fourth-order valence-corrected chi connectivity index (χ4v) is 2.15. The molecule has 0 aromatic carbocycles. The van der Waals surface area contributed by atoms with Crippen LogP contribution in [0.4, 0.5) is 5.69 Å². The predicted octanol–water partition coefficient (Wildman–Crippen LogP) is 1.43. The molecule has 1 aromatic heterocycles. The van der Waals surface area contributed by atoms with Gasteiger partial charge in [0, 0.05) is 11.8 Å². The monoisotopic (exact) mass is 300 g/mol. The molecule has 0 N–H and O–H groups in total. The molecule has 108 valence electrons. The molecule has 0 atom stereocenters. The van der Waals surface area contributed by atoms with Crippen LogP contribution in [-0.4, -0.2) is 41.8 Å². The Morgan fingerprint density at radius 3 is 2.60 bits per heavy atom. The van der Waals surface area contributed by atoms with Crippen molar-refractivity contribution in [3.8, 4) is 0 Å². The van der Waals surface area contributed by atoms with E-state index >= 15 is 0 Å². The first-order valence-corrected chi connectivity index (χ1v) is 6.41. The van der Waals surface area contributed by atoms with Crippen LogP contribution in [0, 0.1) is 10.1 Å². The summed E-state index contributed by atoms with van der Waals surface area (Å²) in [5, 5.41) is 10.9. The molecule has 0 aliphatic carbocycles. The maximum Gasteiger partial charge on any atom is 0.356 e. The van der Waals surface area contributed by atoms with Gasteiger partial charge in [0.05, 0.1) is 25.6 Å². The molecular formula is C11H12N2O6S. The third-order valence-electron chi connectivity index (χ3n) is 2.20. The van der Waals surface area contributed by atoms with Crippen LogP contribution >= 0.6 is 11.8 Å². The lowest BCUT2D eigenvalue weighted by Gasteiger charge is -2.04. The van der Waals surface area contributed by atoms with Crippen molar-refractivity contribution >= 4 is 29.4 Å². The van der Waals surface area contributed by atoms with Gasteiger partial charge < -0.3 is 9.47 Å². The number of carbonyl (C=O) groups is 2. The Morgan fingerprint density at radius 2 is 2.05 bits per heavy atom. The van der Waals surface area contributed by atoms with Gasteiger partial charge in [0.15, 0.2) is 5.03 Å². The van der Waals surface area contributed by atoms with E-state index in [0.29, 0.717) is 0 Å². The van der Waals surface area contributed by atoms with Crippen LogP contribution in [0.2, 0.25) is 0 Å². The molecule has 0 saturated heterocycles. The van der Waals surface area contributed by atoms with E-state index in [4.69, 9.17) is 0 Å². The van der Waals surface area contributed by atoms with Gasteiger partial charge in [-0.05, 0) is 6.07 Å². The number of aromatic nitrogens is 1. The second kappa shape index (κ2) is 7.43. The number of nitrogens with zero attached hydrogens (tertiary/aromatic N) is 2. The molecule has 1 heterocycles. The van der Waals surface area contributed by atoms with Gasteiger partial charge in [0.2, 0.25) is 0 Å². The van der Waals surface area contributed by atoms with Gasteiger partial charge in [-0.15, -0.1) is 0 Å². The highest BCUT2D eigenvalue weighted by Gasteiger charge is 2.19. The Labute approximate surface area is 118 Å². The second-order valence-electron chi connectivity index (χ2n) is 3.44. The summed E-state index contributed by atoms with van der Waals surface area (Å²) in [5.41, 5.74) is -0.258. The van der Waals surface area contributed by atoms with Gasteiger partial charge in [-0.3, -0.25) is 14.9 Å². The maximum atomic E-state index is 11.3. The van der Waals surface area contributed by atoms with Crippen LogP contribution in [0.15, 0.2) is 17.2 Å². The van der Waals surface area contributed by atoms with E-state index in [0.717, 1.165) is 11.8 Å². The molecule has 0 fully saturated rings. The molecule has 0 radical (unpaired) electrons. The van der Waals surface area contributed by atoms with E-state index in [1.165, 1.54) is 26.4 Å². The summed E-state index contributed by atoms with van der Waals surface area (Å²) < 4.78 is 8.96. The van der Waals surface area contributed by atoms with E-state index in [2.05, 4.69) is 14.5 Å². The smallest absolute Gasteiger partial charge is 0.356 e. The molecule has 20 heavy (non-hydrogen) atoms. The van der Waals surface area contributed by atoms with Crippen LogP contribution in [0.3, 0.4) is 0 Å². The minimum Gasteiger partial charge on any atom is -0.469 e. The van der Waals surface area contributed by atoms with Crippen LogP contribution in [0.25, 0.3) is 0 Å². The molecule has 0 spiro atoms. The highest BCUT2D eigenvalue weighted by Crippen LogP contribution is 2.28. The standard InChI is InChI=1S/C11H12N2O6S/c1-18-9(14)5-6-20-10-8(13(16)17)4-3-7(12-10)11(15)19-2/h3-4H,5-6H2,1-2H3. The molecule has 0 aliphatic heterocycles. The largest absolute Gasteiger partial charge is 0.469 e. The number of hydrogen-bond donors (Lipinski definition) is 0. The van der Waals surface area contributed by atoms with Gasteiger partial charge in [-0.1, -0.05) is 11.8 Å². The molecular weight excluding hydrogens is 288 g/mol. The maximum absolute atomic E-state index is 11.3. The number of ether oxygens (including phenoxy) is 2. The highest BCUT2D eigenvalue weighted by molar-refractivity contribution is 7.99. The Kier molecular flexibility index (Phi) is 5.91. The summed E-state index contributed by atoms with van der Waals surface area (Å²) in [7, 11) is 2.45. The highest BCUT2D eigenvalue weighted by atomic mass is 32.2. The van der Waals surface area contributed by atoms with E-state index in [-0.39, 0.29) is 28.6 Å². The minimum atomic E-state index is -0.685. The van der Waals surface area contributed by atoms with Crippen LogP contribution in [0.1, 0.15) is 16.9 Å². The number of nitro groups is 1. The molecule has 0 bridgehead atoms. The first kappa shape index (κ1) is 15.9. The zero-order valence-electron chi connectivity index (χ0n) is 10.8. The quantitative estimate of drug-likeness (QED) is 0.336. The molecule has 8 nitrogen and oxygen atoms in total. The summed E-state index contributed by atoms with van der Waals surface area (Å²) in [6, 6.07) is 2.40. The van der Waals surface area contributed by atoms with Gasteiger partial charge in [0.25, 0.3) is 0 Å². The fourth-order valence-electron chi connectivity index (χ4n) is 1.23. The number of hydrogen-bond acceptors (Lipinski definition) is 8. The van der Waals surface area contributed by atoms with Crippen molar-refractivity contribution in [3.63, 3.8) is 0 Å². The van der Waals surface area contributed by atoms with Gasteiger partial charge in [-0.2, -0.15) is 0 Å². The van der Waals surface area contributed by atoms with Crippen molar-refractivity contribution in [2.45, 2.75) is 11.4 Å². The zero-order chi connectivity index (χ0) is 15.1. The van der Waals surface area contributed by atoms with E-state index in [1.807, 2.05) is 0 Å². The van der Waals surface area contributed by atoms with Gasteiger partial charge in [0.1, 0.15) is 5.69 Å². The third kappa shape index (κ3) is 4.19. The van der Waals surface area contributed by atoms with Crippen molar-refractivity contribution in [2.75, 3.05) is 20.0 Å². The SMILES string of the molecule is COC(=O)CCSc1nc(C(=O)OC)ccc1[N+](=O)[O-]. The predicted molar refractivity (Wildman–Crippen MR) is 69.6 cm³/mol. The minimum absolute atomic E-state index is 0.0290. The van der Waals surface area contributed by atoms with Crippen molar-refractivity contribution in [3.05, 3.63) is 27.9 Å². The molecule has 0 aliphatic rings. The van der Waals surface area contributed by atoms with Gasteiger partial charge >= 0.3 is 17.6 Å². The Morgan fingerprint density at radius 1 is 1.35 bits per heavy atom. The second-order valence-corrected chi connectivity index (χ2v) is 4.53. The molecule has 0 unspecified atom stereocenters. The lowest BCUT2D eigenvalue weighted by atomic mass is 10.3. The van der Waals surface area contributed by atoms with Crippen LogP contribution in [-0.2, 0) is 14.3 Å². The van der Waals surface area contributed by atoms with Crippen molar-refractivity contribution in [1.29, 1.82) is 0 Å². The van der Waals surface area contributed by atoms with E-state index in [9.17, 15) is 19.7 Å². The number of pyridine rings is 1. The summed E-state index contributed by atoms with van der Waals surface area (Å²) in [6.45, 7) is 0. The number of rotatable bonds is 6. The molecule has 1 rings (SSSR count). The van der Waals surface area contributed by atoms with Crippen molar-refractivity contribution in [1.82, 2.24) is 4.98 Å². The Bertz CT molecular complexity index is 534. The van der Waals surface area contributed by atoms with Crippen molar-refractivity contribution in [2.24, 2.45) is 0 Å². The van der Waals surface area contributed by atoms with Gasteiger partial charge in [-0.25, -0.2) is 9.78 Å². The number of esters is 2. The Balaban J connectivity index is 2.91. The summed E-state index contributed by atoms with van der Waals surface area (Å²) in [5.74, 6) is -0.857. The summed E-state index contributed by atoms with van der Waals surface area (Å²) in [4.78, 5) is 36.5. The number of methoxy groups -OCH3 is 2. The number of thioether (sulfide) groups is 1. The average Bonchev–Trinajstić information content (AvgIpc) is 2.45. The van der Waals surface area contributed by atoms with E-state index in [1.54, 1.807) is 0 Å². The summed E-state index contributed by atoms with van der Waals surface area (Å²) in [6.07, 6.45) is 0.0858. The first-order chi connectivity index (χ1) is 9.49. The molecule has 0 saturated carbocycles. The lowest BCUT2D eigenvalue weighted by Crippen LogP contribution is -2.07. The molecule has 1 aromatic rings. The molecule has 0 amide bonds. The van der Waals surface area contributed by atoms with E-state index < -0.39 is 16.9 Å². The fraction of sp³-hybridized carbons (Fsp3) is 0.364. The van der Waals surface area contributed by atoms with Crippen LogP contribution in [0.5, 0.6) is 0 Å². The molecule has 9 heteroatoms.